The summed E-state index contributed by atoms with van der Waals surface area (Å²) in [6.07, 6.45) is -0.143. The summed E-state index contributed by atoms with van der Waals surface area (Å²) in [5, 5.41) is 14.7. The quantitative estimate of drug-likeness (QED) is 0.310. The van der Waals surface area contributed by atoms with Crippen LogP contribution in [0.15, 0.2) is 47.5 Å². The number of rotatable bonds is 6. The van der Waals surface area contributed by atoms with Crippen LogP contribution in [-0.2, 0) is 21.3 Å². The van der Waals surface area contributed by atoms with Crippen molar-refractivity contribution in [2.45, 2.75) is 43.2 Å². The summed E-state index contributed by atoms with van der Waals surface area (Å²) in [7, 11) is -1.98. The summed E-state index contributed by atoms with van der Waals surface area (Å²) < 4.78 is 40.0. The van der Waals surface area contributed by atoms with Gasteiger partial charge >= 0.3 is 0 Å². The molecule has 2 atom stereocenters. The lowest BCUT2D eigenvalue weighted by Gasteiger charge is -2.34. The Morgan fingerprint density at radius 1 is 1.14 bits per heavy atom. The molecule has 42 heavy (non-hydrogen) atoms. The maximum atomic E-state index is 14.2. The zero-order chi connectivity index (χ0) is 30.2. The third-order valence-corrected chi connectivity index (χ3v) is 9.94. The average molecular weight is 596 g/mol. The first-order chi connectivity index (χ1) is 19.8. The first-order valence-electron chi connectivity index (χ1n) is 13.7. The van der Waals surface area contributed by atoms with Gasteiger partial charge in [-0.3, -0.25) is 9.59 Å². The van der Waals surface area contributed by atoms with Crippen molar-refractivity contribution in [3.05, 3.63) is 70.4 Å². The average Bonchev–Trinajstić information content (AvgIpc) is 3.49. The fourth-order valence-corrected chi connectivity index (χ4v) is 7.48. The normalized spacial score (nSPS) is 23.8. The van der Waals surface area contributed by atoms with E-state index in [4.69, 9.17) is 15.2 Å². The molecule has 0 spiro atoms. The molecule has 13 heteroatoms. The molecule has 12 nitrogen and oxygen atoms in total. The van der Waals surface area contributed by atoms with E-state index < -0.39 is 33.0 Å². The molecule has 3 aliphatic rings. The number of anilines is 1. The van der Waals surface area contributed by atoms with E-state index in [0.29, 0.717) is 37.5 Å². The second kappa shape index (κ2) is 9.56. The molecule has 1 aliphatic carbocycles. The van der Waals surface area contributed by atoms with Gasteiger partial charge in [0.15, 0.2) is 0 Å². The van der Waals surface area contributed by atoms with Gasteiger partial charge in [0.1, 0.15) is 22.2 Å². The van der Waals surface area contributed by atoms with Gasteiger partial charge in [-0.05, 0) is 57.6 Å². The Morgan fingerprint density at radius 3 is 2.55 bits per heavy atom. The van der Waals surface area contributed by atoms with Crippen LogP contribution in [0.2, 0.25) is 0 Å². The van der Waals surface area contributed by atoms with Crippen LogP contribution in [-0.4, -0.2) is 78.7 Å². The minimum absolute atomic E-state index is 0.0370. The molecule has 3 aromatic rings. The summed E-state index contributed by atoms with van der Waals surface area (Å²) in [6.45, 7) is 7.12. The van der Waals surface area contributed by atoms with Crippen LogP contribution >= 0.6 is 0 Å². The molecule has 1 aromatic heterocycles. The molecule has 6 rings (SSSR count). The minimum atomic E-state index is -3.90. The molecule has 0 unspecified atom stereocenters. The number of likely N-dealkylation sites (N-methyl/N-ethyl adjacent to an activating group) is 1. The number of fused-ring (bicyclic) bond motifs is 5. The zero-order valence-electron chi connectivity index (χ0n) is 23.7. The Labute approximate surface area is 243 Å². The molecule has 2 aliphatic heterocycles. The Kier molecular flexibility index (Phi) is 6.42. The Hall–Kier alpha value is -3.91. The number of sulfonamides is 1. The number of carbonyl (C=O) groups is 2. The number of aromatic nitrogens is 1. The molecule has 1 fully saturated rings. The van der Waals surface area contributed by atoms with Crippen molar-refractivity contribution in [3.8, 4) is 11.5 Å². The summed E-state index contributed by atoms with van der Waals surface area (Å²) in [5.41, 5.74) is 4.83. The monoisotopic (exact) mass is 595 g/mol. The molecule has 1 saturated heterocycles. The number of Topliss-reactive ketones (excluding diaryl/α,β-unsaturated/α-hetero) is 1. The number of aryl methyl sites for hydroxylation is 1. The van der Waals surface area contributed by atoms with Gasteiger partial charge < -0.3 is 35.5 Å². The number of nitrogens with two attached hydrogens (primary N) is 1. The number of benzene rings is 2. The van der Waals surface area contributed by atoms with Gasteiger partial charge in [-0.1, -0.05) is 12.1 Å². The largest absolute Gasteiger partial charge is 0.491 e. The van der Waals surface area contributed by atoms with Crippen LogP contribution in [0.4, 0.5) is 5.69 Å². The van der Waals surface area contributed by atoms with Crippen LogP contribution < -0.4 is 20.5 Å². The number of ketones is 1. The van der Waals surface area contributed by atoms with E-state index in [1.165, 1.54) is 22.5 Å². The smallest absolute Gasteiger partial charge is 0.271 e. The molecule has 0 radical (unpaired) electrons. The van der Waals surface area contributed by atoms with Crippen molar-refractivity contribution < 1.29 is 32.6 Å². The molecule has 0 bridgehead atoms. The number of ether oxygens (including phenoxy) is 2. The minimum Gasteiger partial charge on any atom is -0.491 e. The standard InChI is InChI=1S/C29H33N5O7S/c1-16(2)40-18-8-9-19-22(15-18)41-29(37)20-6-5-7-21(30)24(20)26(35)28(19,29)32-27(36)25-17(3)14-23(31-25)42(38,39)34-12-10-33(4)11-13-34/h5-9,14-16,31,37H,10-13,30H2,1-4H3,(H,32,36)/t28-,29-/m0/s1. The highest BCUT2D eigenvalue weighted by Crippen LogP contribution is 2.59. The molecular weight excluding hydrogens is 562 g/mol. The zero-order valence-corrected chi connectivity index (χ0v) is 24.5. The van der Waals surface area contributed by atoms with Crippen LogP contribution in [0.3, 0.4) is 0 Å². The van der Waals surface area contributed by atoms with Crippen molar-refractivity contribution in [1.29, 1.82) is 0 Å². The number of nitrogens with one attached hydrogen (secondary N) is 2. The second-order valence-electron chi connectivity index (χ2n) is 11.3. The maximum absolute atomic E-state index is 14.2. The van der Waals surface area contributed by atoms with E-state index in [9.17, 15) is 23.1 Å². The van der Waals surface area contributed by atoms with Crippen LogP contribution in [0.25, 0.3) is 0 Å². The van der Waals surface area contributed by atoms with Gasteiger partial charge in [-0.2, -0.15) is 4.31 Å². The molecular formula is C29H33N5O7S. The van der Waals surface area contributed by atoms with Gasteiger partial charge in [-0.15, -0.1) is 0 Å². The van der Waals surface area contributed by atoms with E-state index in [0.717, 1.165) is 0 Å². The number of aromatic amines is 1. The molecule has 3 heterocycles. The van der Waals surface area contributed by atoms with Gasteiger partial charge in [0.25, 0.3) is 21.7 Å². The number of hydrogen-bond acceptors (Lipinski definition) is 9. The predicted molar refractivity (Wildman–Crippen MR) is 153 cm³/mol. The van der Waals surface area contributed by atoms with Crippen molar-refractivity contribution in [2.24, 2.45) is 0 Å². The van der Waals surface area contributed by atoms with Gasteiger partial charge in [-0.25, -0.2) is 8.42 Å². The van der Waals surface area contributed by atoms with Crippen LogP contribution in [0, 0.1) is 6.92 Å². The van der Waals surface area contributed by atoms with Crippen LogP contribution in [0.5, 0.6) is 11.5 Å². The molecule has 0 saturated carbocycles. The topological polar surface area (TPSA) is 167 Å². The lowest BCUT2D eigenvalue weighted by Crippen LogP contribution is -2.60. The fraction of sp³-hybridized carbons (Fsp3) is 0.379. The van der Waals surface area contributed by atoms with Gasteiger partial charge in [0.2, 0.25) is 11.3 Å². The number of H-pyrrole nitrogens is 1. The number of amides is 1. The molecule has 5 N–H and O–H groups in total. The lowest BCUT2D eigenvalue weighted by atomic mass is 9.82. The predicted octanol–water partition coefficient (Wildman–Crippen LogP) is 1.69. The molecule has 2 aromatic carbocycles. The van der Waals surface area contributed by atoms with Crippen molar-refractivity contribution in [2.75, 3.05) is 39.0 Å². The molecule has 222 valence electrons. The van der Waals surface area contributed by atoms with E-state index in [-0.39, 0.29) is 45.0 Å². The highest BCUT2D eigenvalue weighted by atomic mass is 32.2. The number of carbonyl (C=O) groups excluding carboxylic acids is 2. The first-order valence-corrected chi connectivity index (χ1v) is 15.1. The number of nitrogen functional groups attached to an aromatic ring is 1. The Bertz CT molecular complexity index is 1730. The summed E-state index contributed by atoms with van der Waals surface area (Å²) in [6, 6.07) is 10.8. The van der Waals surface area contributed by atoms with E-state index in [1.54, 1.807) is 31.2 Å². The number of piperazine rings is 1. The lowest BCUT2D eigenvalue weighted by molar-refractivity contribution is -0.169. The Balaban J connectivity index is 1.42. The van der Waals surface area contributed by atoms with E-state index in [1.807, 2.05) is 25.8 Å². The SMILES string of the molecule is Cc1cc(S(=O)(=O)N2CCN(C)CC2)[nH]c1C(=O)N[C@@]12C(=O)c3c(N)cccc3[C@]1(O)Oc1cc(OC(C)C)ccc12. The van der Waals surface area contributed by atoms with Gasteiger partial charge in [0.05, 0.1) is 11.7 Å². The Morgan fingerprint density at radius 2 is 1.86 bits per heavy atom. The third-order valence-electron chi connectivity index (χ3n) is 8.12. The highest BCUT2D eigenvalue weighted by molar-refractivity contribution is 7.89. The van der Waals surface area contributed by atoms with Crippen molar-refractivity contribution in [3.63, 3.8) is 0 Å². The summed E-state index contributed by atoms with van der Waals surface area (Å²) in [5.74, 6) is -3.19. The number of hydrogen-bond donors (Lipinski definition) is 4. The fourth-order valence-electron chi connectivity index (χ4n) is 6.00. The third kappa shape index (κ3) is 3.95. The van der Waals surface area contributed by atoms with Crippen molar-refractivity contribution in [1.82, 2.24) is 19.5 Å². The van der Waals surface area contributed by atoms with Gasteiger partial charge in [0, 0.05) is 49.1 Å². The highest BCUT2D eigenvalue weighted by Gasteiger charge is 2.72. The second-order valence-corrected chi connectivity index (χ2v) is 13.2. The van der Waals surface area contributed by atoms with E-state index >= 15 is 0 Å². The first kappa shape index (κ1) is 28.2. The maximum Gasteiger partial charge on any atom is 0.271 e. The van der Waals surface area contributed by atoms with Crippen LogP contribution in [0.1, 0.15) is 51.4 Å². The van der Waals surface area contributed by atoms with Crippen molar-refractivity contribution >= 4 is 27.4 Å². The van der Waals surface area contributed by atoms with E-state index in [2.05, 4.69) is 10.3 Å². The summed E-state index contributed by atoms with van der Waals surface area (Å²) >= 11 is 0. The summed E-state index contributed by atoms with van der Waals surface area (Å²) in [4.78, 5) is 32.9. The number of nitrogens with zero attached hydrogens (tertiary/aromatic N) is 2. The molecule has 1 amide bonds. The number of aliphatic hydroxyl groups is 1.